The number of carbonyl (C=O) groups is 1. The van der Waals surface area contributed by atoms with Gasteiger partial charge in [-0.15, -0.1) is 11.3 Å². The predicted molar refractivity (Wildman–Crippen MR) is 137 cm³/mol. The number of benzene rings is 2. The Morgan fingerprint density at radius 1 is 1.20 bits per heavy atom. The van der Waals surface area contributed by atoms with E-state index >= 15 is 0 Å². The molecule has 1 fully saturated rings. The Morgan fingerprint density at radius 2 is 2.09 bits per heavy atom. The van der Waals surface area contributed by atoms with Gasteiger partial charge in [-0.25, -0.2) is 9.97 Å². The zero-order valence-corrected chi connectivity index (χ0v) is 20.0. The number of ether oxygens (including phenoxy) is 1. The van der Waals surface area contributed by atoms with Crippen molar-refractivity contribution in [2.24, 2.45) is 0 Å². The first kappa shape index (κ1) is 21.7. The second kappa shape index (κ2) is 9.09. The lowest BCUT2D eigenvalue weighted by atomic mass is 10.0. The summed E-state index contributed by atoms with van der Waals surface area (Å²) in [4.78, 5) is 27.2. The van der Waals surface area contributed by atoms with E-state index in [-0.39, 0.29) is 12.0 Å². The highest BCUT2D eigenvalue weighted by atomic mass is 32.1. The molecular weight excluding hydrogens is 460 g/mol. The van der Waals surface area contributed by atoms with Crippen molar-refractivity contribution in [3.8, 4) is 0 Å². The van der Waals surface area contributed by atoms with Crippen molar-refractivity contribution < 1.29 is 9.53 Å². The van der Waals surface area contributed by atoms with Crippen LogP contribution in [-0.2, 0) is 11.3 Å². The van der Waals surface area contributed by atoms with Crippen LogP contribution >= 0.6 is 11.3 Å². The van der Waals surface area contributed by atoms with Crippen LogP contribution in [0.1, 0.15) is 26.9 Å². The van der Waals surface area contributed by atoms with E-state index in [2.05, 4.69) is 32.2 Å². The number of carbonyl (C=O) groups excluding carboxylic acids is 1. The summed E-state index contributed by atoms with van der Waals surface area (Å²) in [6.07, 6.45) is 3.65. The number of nitrogens with one attached hydrogen (secondary N) is 1. The molecule has 1 unspecified atom stereocenters. The third kappa shape index (κ3) is 4.24. The number of aromatic nitrogens is 4. The van der Waals surface area contributed by atoms with Crippen LogP contribution in [0.5, 0.6) is 0 Å². The maximum atomic E-state index is 12.7. The number of fused-ring (bicyclic) bond motifs is 2. The van der Waals surface area contributed by atoms with E-state index in [4.69, 9.17) is 9.72 Å². The zero-order chi connectivity index (χ0) is 23.8. The number of rotatable bonds is 5. The van der Waals surface area contributed by atoms with Gasteiger partial charge in [0.05, 0.1) is 47.8 Å². The number of hydrogen-bond donors (Lipinski definition) is 1. The molecule has 1 aliphatic heterocycles. The van der Waals surface area contributed by atoms with Gasteiger partial charge in [-0.3, -0.25) is 9.89 Å². The zero-order valence-electron chi connectivity index (χ0n) is 19.2. The molecule has 1 N–H and O–H groups in total. The molecule has 4 heterocycles. The summed E-state index contributed by atoms with van der Waals surface area (Å²) in [6, 6.07) is 17.5. The minimum atomic E-state index is -0.0833. The fraction of sp³-hybridized carbons (Fsp3) is 0.231. The summed E-state index contributed by atoms with van der Waals surface area (Å²) >= 11 is 1.62. The van der Waals surface area contributed by atoms with Crippen LogP contribution in [0.15, 0.2) is 67.0 Å². The SMILES string of the molecule is CN(Cc1cc2nc(N3CCOC(c4cccc5[nH]ncc45)C3)ncc2s1)C(=O)c1ccccc1. The molecule has 2 aromatic carbocycles. The van der Waals surface area contributed by atoms with E-state index in [9.17, 15) is 4.79 Å². The van der Waals surface area contributed by atoms with Crippen LogP contribution < -0.4 is 4.90 Å². The second-order valence-corrected chi connectivity index (χ2v) is 9.81. The number of thiophene rings is 1. The van der Waals surface area contributed by atoms with Crippen molar-refractivity contribution in [3.63, 3.8) is 0 Å². The molecule has 3 aromatic heterocycles. The highest BCUT2D eigenvalue weighted by molar-refractivity contribution is 7.18. The maximum Gasteiger partial charge on any atom is 0.253 e. The molecule has 5 aromatic rings. The van der Waals surface area contributed by atoms with Gasteiger partial charge in [-0.2, -0.15) is 5.10 Å². The Balaban J connectivity index is 1.20. The first-order valence-electron chi connectivity index (χ1n) is 11.5. The van der Waals surface area contributed by atoms with Gasteiger partial charge >= 0.3 is 0 Å². The Morgan fingerprint density at radius 3 is 2.97 bits per heavy atom. The molecule has 1 aliphatic rings. The number of nitrogens with zero attached hydrogens (tertiary/aromatic N) is 5. The predicted octanol–water partition coefficient (Wildman–Crippen LogP) is 4.42. The normalized spacial score (nSPS) is 16.1. The smallest absolute Gasteiger partial charge is 0.253 e. The second-order valence-electron chi connectivity index (χ2n) is 8.64. The number of aromatic amines is 1. The quantitative estimate of drug-likeness (QED) is 0.397. The molecule has 1 saturated heterocycles. The largest absolute Gasteiger partial charge is 0.370 e. The Hall–Kier alpha value is -3.82. The van der Waals surface area contributed by atoms with Crippen LogP contribution in [0.2, 0.25) is 0 Å². The van der Waals surface area contributed by atoms with Gasteiger partial charge in [0.1, 0.15) is 6.10 Å². The summed E-state index contributed by atoms with van der Waals surface area (Å²) in [5.41, 5.74) is 3.70. The number of anilines is 1. The number of morpholine rings is 1. The summed E-state index contributed by atoms with van der Waals surface area (Å²) in [5, 5.41) is 8.28. The van der Waals surface area contributed by atoms with Gasteiger partial charge < -0.3 is 14.5 Å². The maximum absolute atomic E-state index is 12.7. The third-order valence-electron chi connectivity index (χ3n) is 6.28. The molecule has 1 amide bonds. The fourth-order valence-corrected chi connectivity index (χ4v) is 5.53. The first-order valence-corrected chi connectivity index (χ1v) is 12.3. The first-order chi connectivity index (χ1) is 17.2. The summed E-state index contributed by atoms with van der Waals surface area (Å²) in [7, 11) is 1.82. The summed E-state index contributed by atoms with van der Waals surface area (Å²) in [6.45, 7) is 2.52. The molecule has 0 saturated carbocycles. The lowest BCUT2D eigenvalue weighted by Gasteiger charge is -2.33. The molecular formula is C26H24N6O2S. The van der Waals surface area contributed by atoms with Crippen LogP contribution in [0.4, 0.5) is 5.95 Å². The van der Waals surface area contributed by atoms with Gasteiger partial charge in [-0.05, 0) is 29.8 Å². The topological polar surface area (TPSA) is 87.2 Å². The molecule has 1 atom stereocenters. The minimum absolute atomic E-state index is 0.00169. The van der Waals surface area contributed by atoms with E-state index in [0.29, 0.717) is 31.2 Å². The molecule has 176 valence electrons. The van der Waals surface area contributed by atoms with Crippen molar-refractivity contribution >= 4 is 44.3 Å². The minimum Gasteiger partial charge on any atom is -0.370 e. The molecule has 0 aliphatic carbocycles. The molecule has 35 heavy (non-hydrogen) atoms. The highest BCUT2D eigenvalue weighted by Gasteiger charge is 2.26. The molecule has 9 heteroatoms. The molecule has 0 spiro atoms. The standard InChI is InChI=1S/C26H24N6O2S/c1-31(25(33)17-6-3-2-4-7-17)15-18-12-22-24(35-18)14-27-26(29-22)32-10-11-34-23(16-32)19-8-5-9-21-20(19)13-28-30-21/h2-9,12-14,23H,10-11,15-16H2,1H3,(H,28,30). The van der Waals surface area contributed by atoms with Crippen molar-refractivity contribution in [2.75, 3.05) is 31.6 Å². The van der Waals surface area contributed by atoms with Crippen LogP contribution in [0, 0.1) is 0 Å². The summed E-state index contributed by atoms with van der Waals surface area (Å²) in [5.74, 6) is 0.699. The third-order valence-corrected chi connectivity index (χ3v) is 7.33. The van der Waals surface area contributed by atoms with Crippen molar-refractivity contribution in [2.45, 2.75) is 12.6 Å². The average molecular weight is 485 g/mol. The van der Waals surface area contributed by atoms with Crippen LogP contribution in [0.3, 0.4) is 0 Å². The van der Waals surface area contributed by atoms with Gasteiger partial charge in [0, 0.05) is 29.4 Å². The van der Waals surface area contributed by atoms with Crippen molar-refractivity contribution in [1.82, 2.24) is 25.1 Å². The molecule has 8 nitrogen and oxygen atoms in total. The van der Waals surface area contributed by atoms with Gasteiger partial charge in [0.15, 0.2) is 0 Å². The number of H-pyrrole nitrogens is 1. The lowest BCUT2D eigenvalue weighted by Crippen LogP contribution is -2.39. The summed E-state index contributed by atoms with van der Waals surface area (Å²) < 4.78 is 7.12. The molecule has 6 rings (SSSR count). The van der Waals surface area contributed by atoms with Crippen LogP contribution in [-0.4, -0.2) is 57.7 Å². The average Bonchev–Trinajstić information content (AvgIpc) is 3.54. The van der Waals surface area contributed by atoms with Gasteiger partial charge in [0.25, 0.3) is 5.91 Å². The van der Waals surface area contributed by atoms with Gasteiger partial charge in [0.2, 0.25) is 5.95 Å². The van der Waals surface area contributed by atoms with E-state index in [1.165, 1.54) is 0 Å². The molecule has 0 bridgehead atoms. The van der Waals surface area contributed by atoms with Crippen LogP contribution in [0.25, 0.3) is 21.1 Å². The van der Waals surface area contributed by atoms with Crippen molar-refractivity contribution in [1.29, 1.82) is 0 Å². The van der Waals surface area contributed by atoms with E-state index in [1.54, 1.807) is 16.2 Å². The Bertz CT molecular complexity index is 1500. The Kier molecular flexibility index (Phi) is 5.63. The fourth-order valence-electron chi connectivity index (χ4n) is 4.51. The number of amides is 1. The van der Waals surface area contributed by atoms with Crippen molar-refractivity contribution in [3.05, 3.63) is 83.0 Å². The lowest BCUT2D eigenvalue weighted by molar-refractivity contribution is 0.0402. The molecule has 0 radical (unpaired) electrons. The van der Waals surface area contributed by atoms with E-state index < -0.39 is 0 Å². The van der Waals surface area contributed by atoms with E-state index in [0.717, 1.165) is 38.1 Å². The highest BCUT2D eigenvalue weighted by Crippen LogP contribution is 2.31. The Labute approximate surface area is 206 Å². The van der Waals surface area contributed by atoms with E-state index in [1.807, 2.05) is 61.9 Å². The number of hydrogen-bond acceptors (Lipinski definition) is 7. The van der Waals surface area contributed by atoms with Gasteiger partial charge in [-0.1, -0.05) is 30.3 Å². The monoisotopic (exact) mass is 484 g/mol.